The standard InChI is InChI=1S/C20H19FN2O2.C20H21FN2O.C20H22N2O2.C12H15FO3.C12H16O3.C12H14O3.C11H13FO3.C9H10O2/c1-13(15-9-3-4-11-17(15)25-2)18(21)20(24)23-16-10-5-7-14-8-6-12-22-19(14)16;1-14(16-9-3-4-11-19(16)24-2)17(21)13-23-18-10-5-7-15-8-6-12-22-20(15)18;1-14(16-9-3-4-11-19(16)24-2)18(23)13-22-17-10-5-7-15-8-6-12-21-20(15)17;1-8(11(13)12(14)16-3)9-6-4-5-7-10(9)15-2;2*1-9(8-12(13)15-3)10-6-4-5-7-11(10)14-2;1-7(10(12)11(13)14)8-5-3-4-6-9(8)15-2;1-7(10)8-5-3-4-6-9(8)11-2/h3-13,18H,1-2H3,(H,23,24);3-12,14,17,23H,13H2,1-2H3;3-12,14,18,22-23H,13H2,1-2H3;4-8,11H,1-3H3;4-7,9H,8H2,1-3H3;4-8H,1-3H3;3-7,10H,1-2H3,(H,13,14);3-6H,1-2H3/b;;;;;9-8+;;. The van der Waals surface area contributed by atoms with Crippen molar-refractivity contribution in [2.24, 2.45) is 0 Å². The highest BCUT2D eigenvalue weighted by Gasteiger charge is 2.32. The molecule has 5 N–H and O–H groups in total. The molecule has 0 radical (unpaired) electrons. The van der Waals surface area contributed by atoms with Gasteiger partial charge in [0.2, 0.25) is 12.3 Å². The number of carboxylic acid groups (broad SMARTS) is 1. The summed E-state index contributed by atoms with van der Waals surface area (Å²) in [4.78, 5) is 80.2. The third-order valence-corrected chi connectivity index (χ3v) is 23.6. The number of aliphatic hydroxyl groups is 1. The van der Waals surface area contributed by atoms with E-state index < -0.39 is 66.4 Å². The summed E-state index contributed by atoms with van der Waals surface area (Å²) >= 11 is 0. The molecule has 25 nitrogen and oxygen atoms in total. The van der Waals surface area contributed by atoms with Crippen LogP contribution in [0.15, 0.2) is 310 Å². The Balaban J connectivity index is 0.000000228. The van der Waals surface area contributed by atoms with Gasteiger partial charge in [-0.05, 0) is 133 Å². The highest BCUT2D eigenvalue weighted by Crippen LogP contribution is 2.38. The molecule has 0 spiro atoms. The van der Waals surface area contributed by atoms with E-state index in [4.69, 9.17) is 43.0 Å². The molecule has 0 aliphatic rings. The molecule has 1 amide bonds. The number of esters is 3. The number of hydrogen-bond donors (Lipinski definition) is 5. The minimum Gasteiger partial charge on any atom is -0.496 e. The zero-order valence-corrected chi connectivity index (χ0v) is 85.1. The molecular formula is C116H130F4N6O19. The number of para-hydroxylation sites is 11. The Labute approximate surface area is 845 Å². The van der Waals surface area contributed by atoms with Crippen LogP contribution in [0.5, 0.6) is 46.0 Å². The average Bonchev–Trinajstić information content (AvgIpc) is 0.876. The highest BCUT2D eigenvalue weighted by atomic mass is 19.1. The number of hydrogen-bond acceptors (Lipinski definition) is 23. The summed E-state index contributed by atoms with van der Waals surface area (Å²) in [6.45, 7) is 14.7. The number of pyridine rings is 3. The van der Waals surface area contributed by atoms with Gasteiger partial charge >= 0.3 is 23.9 Å². The summed E-state index contributed by atoms with van der Waals surface area (Å²) in [7, 11) is 16.5. The number of rotatable bonds is 34. The molecule has 3 heterocycles. The van der Waals surface area contributed by atoms with Gasteiger partial charge in [-0.1, -0.05) is 236 Å². The van der Waals surface area contributed by atoms with Crippen molar-refractivity contribution in [3.05, 3.63) is 354 Å². The maximum Gasteiger partial charge on any atom is 0.341 e. The van der Waals surface area contributed by atoms with Gasteiger partial charge in [0.25, 0.3) is 5.91 Å². The predicted molar refractivity (Wildman–Crippen MR) is 563 cm³/mol. The molecule has 145 heavy (non-hydrogen) atoms. The van der Waals surface area contributed by atoms with Gasteiger partial charge in [0.1, 0.15) is 52.2 Å². The zero-order chi connectivity index (χ0) is 106. The van der Waals surface area contributed by atoms with Crippen molar-refractivity contribution in [3.63, 3.8) is 0 Å². The molecule has 766 valence electrons. The van der Waals surface area contributed by atoms with Crippen LogP contribution >= 0.6 is 0 Å². The second-order valence-electron chi connectivity index (χ2n) is 32.9. The molecule has 11 unspecified atom stereocenters. The van der Waals surface area contributed by atoms with Crippen LogP contribution in [0.1, 0.15) is 147 Å². The lowest BCUT2D eigenvalue weighted by molar-refractivity contribution is -0.147. The summed E-state index contributed by atoms with van der Waals surface area (Å²) in [6, 6.07) is 87.6. The first-order valence-electron chi connectivity index (χ1n) is 46.6. The normalized spacial score (nSPS) is 12.8. The highest BCUT2D eigenvalue weighted by molar-refractivity contribution is 6.02. The third-order valence-electron chi connectivity index (χ3n) is 23.6. The van der Waals surface area contributed by atoms with Crippen molar-refractivity contribution < 1.29 is 109 Å². The number of aromatic nitrogens is 3. The second kappa shape index (κ2) is 61.0. The van der Waals surface area contributed by atoms with E-state index in [9.17, 15) is 51.4 Å². The number of methoxy groups -OCH3 is 11. The molecule has 3 aromatic heterocycles. The van der Waals surface area contributed by atoms with E-state index in [-0.39, 0.29) is 42.0 Å². The largest absolute Gasteiger partial charge is 0.496 e. The first-order chi connectivity index (χ1) is 69.8. The van der Waals surface area contributed by atoms with Crippen LogP contribution in [0.2, 0.25) is 0 Å². The molecule has 29 heteroatoms. The second-order valence-corrected chi connectivity index (χ2v) is 32.9. The summed E-state index contributed by atoms with van der Waals surface area (Å²) in [5.74, 6) is -0.340. The lowest BCUT2D eigenvalue weighted by atomic mass is 9.94. The van der Waals surface area contributed by atoms with Crippen molar-refractivity contribution in [2.45, 2.75) is 128 Å². The van der Waals surface area contributed by atoms with Crippen molar-refractivity contribution in [3.8, 4) is 46.0 Å². The molecule has 14 rings (SSSR count). The maximum absolute atomic E-state index is 14.8. The number of carbonyl (C=O) groups excluding carboxylic acids is 5. The van der Waals surface area contributed by atoms with E-state index in [1.807, 2.05) is 222 Å². The van der Waals surface area contributed by atoms with Crippen LogP contribution in [-0.4, -0.2) is 183 Å². The Kier molecular flexibility index (Phi) is 48.9. The fourth-order valence-corrected chi connectivity index (χ4v) is 15.3. The number of nitrogens with one attached hydrogen (secondary N) is 3. The maximum atomic E-state index is 14.8. The number of fused-ring (bicyclic) bond motifs is 3. The third kappa shape index (κ3) is 34.5. The number of aliphatic hydroxyl groups excluding tert-OH is 1. The first-order valence-corrected chi connectivity index (χ1v) is 46.6. The number of ketones is 1. The quantitative estimate of drug-likeness (QED) is 0.00822. The Morgan fingerprint density at radius 3 is 1.03 bits per heavy atom. The van der Waals surface area contributed by atoms with E-state index in [1.165, 1.54) is 62.6 Å². The van der Waals surface area contributed by atoms with E-state index in [2.05, 4.69) is 45.1 Å². The Morgan fingerprint density at radius 2 is 0.655 bits per heavy atom. The Bertz CT molecular complexity index is 6320. The summed E-state index contributed by atoms with van der Waals surface area (Å²) in [6.07, 6.45) is 0.0922. The molecule has 11 atom stereocenters. The molecule has 0 saturated heterocycles. The Hall–Kier alpha value is -15.9. The van der Waals surface area contributed by atoms with Gasteiger partial charge in [-0.3, -0.25) is 29.3 Å². The fraction of sp³-hybridized carbons (Fsp3) is 0.284. The van der Waals surface area contributed by atoms with Gasteiger partial charge in [0.05, 0.1) is 130 Å². The fourth-order valence-electron chi connectivity index (χ4n) is 15.3. The van der Waals surface area contributed by atoms with Crippen molar-refractivity contribution >= 4 is 90.9 Å². The number of carbonyl (C=O) groups is 6. The average molecular weight is 1990 g/mol. The number of carboxylic acids is 1. The number of benzene rings is 11. The topological polar surface area (TPSA) is 319 Å². The van der Waals surface area contributed by atoms with Gasteiger partial charge < -0.3 is 78.3 Å². The molecule has 0 aliphatic carbocycles. The Morgan fingerprint density at radius 1 is 0.338 bits per heavy atom. The number of aliphatic carboxylic acids is 1. The number of anilines is 3. The number of amides is 1. The van der Waals surface area contributed by atoms with Crippen molar-refractivity contribution in [2.75, 3.05) is 107 Å². The molecule has 11 aromatic carbocycles. The number of Topliss-reactive ketones (excluding diaryl/α,β-unsaturated/α-hetero) is 1. The van der Waals surface area contributed by atoms with E-state index in [1.54, 1.807) is 159 Å². The minimum atomic E-state index is -1.92. The van der Waals surface area contributed by atoms with E-state index in [0.29, 0.717) is 69.4 Å². The van der Waals surface area contributed by atoms with Crippen LogP contribution in [0, 0.1) is 0 Å². The van der Waals surface area contributed by atoms with Gasteiger partial charge in [-0.2, -0.15) is 0 Å². The zero-order valence-electron chi connectivity index (χ0n) is 85.1. The monoisotopic (exact) mass is 1990 g/mol. The molecular weight excluding hydrogens is 1860 g/mol. The van der Waals surface area contributed by atoms with Gasteiger partial charge in [0.15, 0.2) is 12.0 Å². The predicted octanol–water partition coefficient (Wildman–Crippen LogP) is 24.0. The van der Waals surface area contributed by atoms with E-state index >= 15 is 0 Å². The lowest BCUT2D eigenvalue weighted by Gasteiger charge is -2.22. The molecule has 14 aromatic rings. The molecule has 0 saturated carbocycles. The van der Waals surface area contributed by atoms with Gasteiger partial charge in [-0.15, -0.1) is 0 Å². The SMILES string of the molecule is COC(=O)/C=C(\C)c1ccccc1OC.COC(=O)C(F)C(C)c1ccccc1OC.COC(=O)CC(C)c1ccccc1OC.COc1ccccc1C(C)=O.COc1ccccc1C(C)C(F)C(=O)Nc1cccc2cccnc12.COc1ccccc1C(C)C(F)C(=O)O.COc1ccccc1C(C)C(F)CNc1cccc2cccnc12.COc1ccccc1C(C)C(O)CNc1cccc2cccnc12. The van der Waals surface area contributed by atoms with Crippen LogP contribution < -0.4 is 53.8 Å². The first kappa shape index (κ1) is 116. The van der Waals surface area contributed by atoms with Crippen molar-refractivity contribution in [1.82, 2.24) is 15.0 Å². The summed E-state index contributed by atoms with van der Waals surface area (Å²) in [5.41, 5.74) is 11.8. The summed E-state index contributed by atoms with van der Waals surface area (Å²) < 4.78 is 112. The van der Waals surface area contributed by atoms with Crippen LogP contribution in [0.4, 0.5) is 34.6 Å². The summed E-state index contributed by atoms with van der Waals surface area (Å²) in [5, 5.41) is 31.3. The molecule has 0 bridgehead atoms. The van der Waals surface area contributed by atoms with E-state index in [0.717, 1.165) is 89.4 Å². The number of alkyl halides is 4. The van der Waals surface area contributed by atoms with Gasteiger partial charge in [0, 0.05) is 106 Å². The smallest absolute Gasteiger partial charge is 0.341 e. The van der Waals surface area contributed by atoms with Crippen LogP contribution in [-0.2, 0) is 38.2 Å². The number of nitrogens with zero attached hydrogens (tertiary/aromatic N) is 3. The molecule has 0 aliphatic heterocycles. The lowest BCUT2D eigenvalue weighted by Crippen LogP contribution is -2.29. The number of allylic oxidation sites excluding steroid dienone is 1. The number of ether oxygens (including phenoxy) is 11. The number of halogens is 4. The van der Waals surface area contributed by atoms with Crippen molar-refractivity contribution in [1.29, 1.82) is 0 Å². The molecule has 0 fully saturated rings. The minimum absolute atomic E-state index is 0.0300. The van der Waals surface area contributed by atoms with Crippen LogP contribution in [0.3, 0.4) is 0 Å². The van der Waals surface area contributed by atoms with Gasteiger partial charge in [-0.25, -0.2) is 31.9 Å². The van der Waals surface area contributed by atoms with Crippen LogP contribution in [0.25, 0.3) is 38.3 Å².